The molecule has 20 heavy (non-hydrogen) atoms. The van der Waals surface area contributed by atoms with Gasteiger partial charge >= 0.3 is 0 Å². The Labute approximate surface area is 127 Å². The van der Waals surface area contributed by atoms with Crippen LogP contribution in [0, 0.1) is 12.8 Å². The van der Waals surface area contributed by atoms with Crippen molar-refractivity contribution in [2.75, 3.05) is 19.6 Å². The van der Waals surface area contributed by atoms with Crippen molar-refractivity contribution in [1.29, 1.82) is 0 Å². The zero-order valence-corrected chi connectivity index (χ0v) is 14.7. The highest BCUT2D eigenvalue weighted by Gasteiger charge is 2.29. The number of hydrogen-bond acceptors (Lipinski definition) is 4. The number of sulfonamides is 1. The van der Waals surface area contributed by atoms with Crippen LogP contribution in [0.15, 0.2) is 10.3 Å². The summed E-state index contributed by atoms with van der Waals surface area (Å²) in [6.07, 6.45) is 0. The third-order valence-electron chi connectivity index (χ3n) is 3.04. The molecular weight excluding hydrogens is 292 g/mol. The Morgan fingerprint density at radius 3 is 2.50 bits per heavy atom. The lowest BCUT2D eigenvalue weighted by Crippen LogP contribution is -2.34. The molecule has 1 heterocycles. The van der Waals surface area contributed by atoms with Crippen molar-refractivity contribution in [1.82, 2.24) is 9.62 Å². The van der Waals surface area contributed by atoms with E-state index in [9.17, 15) is 8.42 Å². The lowest BCUT2D eigenvalue weighted by atomic mass is 10.2. The summed E-state index contributed by atoms with van der Waals surface area (Å²) in [6, 6.07) is 0. The third-order valence-corrected chi connectivity index (χ3v) is 6.45. The van der Waals surface area contributed by atoms with Crippen LogP contribution in [0.25, 0.3) is 0 Å². The first-order valence-electron chi connectivity index (χ1n) is 7.12. The van der Waals surface area contributed by atoms with Crippen LogP contribution in [0.3, 0.4) is 0 Å². The first-order chi connectivity index (χ1) is 9.34. The second kappa shape index (κ2) is 7.54. The first kappa shape index (κ1) is 17.6. The molecule has 1 rings (SSSR count). The summed E-state index contributed by atoms with van der Waals surface area (Å²) in [5, 5.41) is 5.15. The predicted octanol–water partition coefficient (Wildman–Crippen LogP) is 2.83. The Bertz CT molecular complexity index is 521. The van der Waals surface area contributed by atoms with Crippen molar-refractivity contribution in [2.45, 2.75) is 46.1 Å². The maximum absolute atomic E-state index is 12.9. The molecule has 0 amide bonds. The van der Waals surface area contributed by atoms with Crippen LogP contribution in [0.2, 0.25) is 0 Å². The van der Waals surface area contributed by atoms with E-state index < -0.39 is 10.0 Å². The lowest BCUT2D eigenvalue weighted by Gasteiger charge is -2.23. The van der Waals surface area contributed by atoms with E-state index in [1.807, 2.05) is 40.0 Å². The van der Waals surface area contributed by atoms with Gasteiger partial charge in [-0.3, -0.25) is 0 Å². The molecule has 0 spiro atoms. The highest BCUT2D eigenvalue weighted by Crippen LogP contribution is 2.29. The van der Waals surface area contributed by atoms with Gasteiger partial charge in [0.05, 0.1) is 0 Å². The van der Waals surface area contributed by atoms with Crippen molar-refractivity contribution in [2.24, 2.45) is 5.92 Å². The summed E-state index contributed by atoms with van der Waals surface area (Å²) in [5.74, 6) is 0.320. The number of thiophene rings is 1. The Morgan fingerprint density at radius 2 is 2.00 bits per heavy atom. The van der Waals surface area contributed by atoms with E-state index in [0.717, 1.165) is 17.0 Å². The summed E-state index contributed by atoms with van der Waals surface area (Å²) in [5.41, 5.74) is 0.852. The van der Waals surface area contributed by atoms with Crippen molar-refractivity contribution in [3.05, 3.63) is 15.8 Å². The Hall–Kier alpha value is -0.430. The molecule has 1 N–H and O–H groups in total. The van der Waals surface area contributed by atoms with Crippen LogP contribution in [-0.2, 0) is 16.6 Å². The molecular formula is C14H26N2O2S2. The van der Waals surface area contributed by atoms with Gasteiger partial charge in [-0.2, -0.15) is 4.31 Å². The van der Waals surface area contributed by atoms with Crippen LogP contribution in [0.4, 0.5) is 0 Å². The zero-order chi connectivity index (χ0) is 15.3. The molecule has 0 aliphatic carbocycles. The molecule has 0 unspecified atom stereocenters. The van der Waals surface area contributed by atoms with Crippen LogP contribution < -0.4 is 5.32 Å². The summed E-state index contributed by atoms with van der Waals surface area (Å²) in [7, 11) is -3.39. The molecule has 0 saturated heterocycles. The molecule has 0 aliphatic heterocycles. The normalized spacial score (nSPS) is 12.6. The predicted molar refractivity (Wildman–Crippen MR) is 85.7 cm³/mol. The highest BCUT2D eigenvalue weighted by molar-refractivity contribution is 7.89. The van der Waals surface area contributed by atoms with Crippen molar-refractivity contribution in [3.8, 4) is 0 Å². The average molecular weight is 319 g/mol. The van der Waals surface area contributed by atoms with Gasteiger partial charge in [-0.15, -0.1) is 11.3 Å². The van der Waals surface area contributed by atoms with Gasteiger partial charge in [-0.1, -0.05) is 27.7 Å². The van der Waals surface area contributed by atoms with E-state index in [2.05, 4.69) is 5.32 Å². The number of nitrogens with zero attached hydrogens (tertiary/aromatic N) is 1. The van der Waals surface area contributed by atoms with Gasteiger partial charge in [0.25, 0.3) is 0 Å². The fraction of sp³-hybridized carbons (Fsp3) is 0.714. The topological polar surface area (TPSA) is 49.4 Å². The maximum atomic E-state index is 12.9. The Morgan fingerprint density at radius 1 is 1.35 bits per heavy atom. The summed E-state index contributed by atoms with van der Waals surface area (Å²) < 4.78 is 27.3. The molecule has 1 aromatic heterocycles. The van der Waals surface area contributed by atoms with Gasteiger partial charge in [0.15, 0.2) is 0 Å². The smallest absolute Gasteiger partial charge is 0.244 e. The number of rotatable bonds is 8. The number of nitrogens with one attached hydrogen (secondary N) is 1. The molecule has 1 aromatic rings. The summed E-state index contributed by atoms with van der Waals surface area (Å²) in [6.45, 7) is 12.4. The average Bonchev–Trinajstić information content (AvgIpc) is 2.74. The van der Waals surface area contributed by atoms with Crippen LogP contribution >= 0.6 is 11.3 Å². The molecule has 0 fully saturated rings. The Balaban J connectivity index is 3.16. The maximum Gasteiger partial charge on any atom is 0.244 e. The SMILES string of the molecule is CCNCc1scc(C)c1S(=O)(=O)N(CC)CC(C)C. The van der Waals surface area contributed by atoms with Gasteiger partial charge in [0.1, 0.15) is 4.90 Å². The van der Waals surface area contributed by atoms with Crippen molar-refractivity contribution in [3.63, 3.8) is 0 Å². The largest absolute Gasteiger partial charge is 0.312 e. The van der Waals surface area contributed by atoms with Gasteiger partial charge in [0.2, 0.25) is 10.0 Å². The second-order valence-corrected chi connectivity index (χ2v) is 8.14. The molecule has 116 valence electrons. The van der Waals surface area contributed by atoms with E-state index in [0.29, 0.717) is 30.4 Å². The van der Waals surface area contributed by atoms with Crippen molar-refractivity contribution >= 4 is 21.4 Å². The fourth-order valence-electron chi connectivity index (χ4n) is 2.13. The minimum atomic E-state index is -3.39. The minimum Gasteiger partial charge on any atom is -0.312 e. The Kier molecular flexibility index (Phi) is 6.64. The van der Waals surface area contributed by atoms with E-state index in [-0.39, 0.29) is 0 Å². The van der Waals surface area contributed by atoms with Gasteiger partial charge in [-0.05, 0) is 30.3 Å². The van der Waals surface area contributed by atoms with Gasteiger partial charge < -0.3 is 5.32 Å². The molecule has 0 aromatic carbocycles. The summed E-state index contributed by atoms with van der Waals surface area (Å²) >= 11 is 1.52. The second-order valence-electron chi connectivity index (χ2n) is 5.30. The summed E-state index contributed by atoms with van der Waals surface area (Å²) in [4.78, 5) is 1.41. The third kappa shape index (κ3) is 4.04. The number of hydrogen-bond donors (Lipinski definition) is 1. The van der Waals surface area contributed by atoms with E-state index in [4.69, 9.17) is 0 Å². The molecule has 0 aliphatic rings. The molecule has 0 bridgehead atoms. The van der Waals surface area contributed by atoms with Crippen LogP contribution in [-0.4, -0.2) is 32.4 Å². The zero-order valence-electron chi connectivity index (χ0n) is 13.1. The molecule has 0 radical (unpaired) electrons. The van der Waals surface area contributed by atoms with Gasteiger partial charge in [-0.25, -0.2) is 8.42 Å². The van der Waals surface area contributed by atoms with Crippen LogP contribution in [0.5, 0.6) is 0 Å². The highest BCUT2D eigenvalue weighted by atomic mass is 32.2. The van der Waals surface area contributed by atoms with E-state index in [1.54, 1.807) is 4.31 Å². The first-order valence-corrected chi connectivity index (χ1v) is 9.44. The van der Waals surface area contributed by atoms with Gasteiger partial charge in [0, 0.05) is 24.5 Å². The number of aryl methyl sites for hydroxylation is 1. The minimum absolute atomic E-state index is 0.320. The van der Waals surface area contributed by atoms with E-state index in [1.165, 1.54) is 11.3 Å². The monoisotopic (exact) mass is 318 g/mol. The van der Waals surface area contributed by atoms with Crippen LogP contribution in [0.1, 0.15) is 38.1 Å². The fourth-order valence-corrected chi connectivity index (χ4v) is 5.47. The molecule has 4 nitrogen and oxygen atoms in total. The lowest BCUT2D eigenvalue weighted by molar-refractivity contribution is 0.380. The molecule has 6 heteroatoms. The molecule has 0 saturated carbocycles. The quantitative estimate of drug-likeness (QED) is 0.802. The van der Waals surface area contributed by atoms with Crippen molar-refractivity contribution < 1.29 is 8.42 Å². The van der Waals surface area contributed by atoms with E-state index >= 15 is 0 Å². The standard InChI is InChI=1S/C14H26N2O2S2/c1-6-15-8-13-14(12(5)10-19-13)20(17,18)16(7-2)9-11(3)4/h10-11,15H,6-9H2,1-5H3. The molecule has 0 atom stereocenters.